The number of nitrogens with two attached hydrogens (primary N) is 1. The Morgan fingerprint density at radius 1 is 1.47 bits per heavy atom. The van der Waals surface area contributed by atoms with Gasteiger partial charge in [-0.05, 0) is 30.0 Å². The molecule has 0 aliphatic rings. The highest BCUT2D eigenvalue weighted by Gasteiger charge is 2.13. The van der Waals surface area contributed by atoms with Gasteiger partial charge in [0.25, 0.3) is 0 Å². The first-order chi connectivity index (χ1) is 7.04. The summed E-state index contributed by atoms with van der Waals surface area (Å²) in [5.74, 6) is 0.639. The highest BCUT2D eigenvalue weighted by molar-refractivity contribution is 9.10. The third-order valence-electron chi connectivity index (χ3n) is 2.72. The molecule has 2 N–H and O–H groups in total. The standard InChI is InChI=1S/C12H17BrClN/c1-3-8(2)6-12(15)10-5-4-9(13)7-11(10)14/h4-5,7-8,12H,3,6,15H2,1-2H3. The normalized spacial score (nSPS) is 15.0. The summed E-state index contributed by atoms with van der Waals surface area (Å²) in [7, 11) is 0. The molecule has 1 aromatic rings. The Morgan fingerprint density at radius 3 is 2.67 bits per heavy atom. The first-order valence-corrected chi connectivity index (χ1v) is 6.42. The van der Waals surface area contributed by atoms with E-state index in [9.17, 15) is 0 Å². The minimum atomic E-state index is 0.0422. The largest absolute Gasteiger partial charge is 0.324 e. The number of rotatable bonds is 4. The lowest BCUT2D eigenvalue weighted by atomic mass is 9.95. The van der Waals surface area contributed by atoms with Crippen LogP contribution >= 0.6 is 27.5 Å². The van der Waals surface area contributed by atoms with E-state index >= 15 is 0 Å². The van der Waals surface area contributed by atoms with E-state index < -0.39 is 0 Å². The van der Waals surface area contributed by atoms with Crippen LogP contribution in [-0.2, 0) is 0 Å². The van der Waals surface area contributed by atoms with Crippen LogP contribution in [0.1, 0.15) is 38.3 Å². The summed E-state index contributed by atoms with van der Waals surface area (Å²) in [6, 6.07) is 5.92. The monoisotopic (exact) mass is 289 g/mol. The fourth-order valence-electron chi connectivity index (χ4n) is 1.53. The van der Waals surface area contributed by atoms with Crippen LogP contribution in [0.15, 0.2) is 22.7 Å². The number of benzene rings is 1. The van der Waals surface area contributed by atoms with E-state index in [0.717, 1.165) is 27.9 Å². The topological polar surface area (TPSA) is 26.0 Å². The molecule has 0 saturated carbocycles. The minimum Gasteiger partial charge on any atom is -0.324 e. The van der Waals surface area contributed by atoms with Crippen molar-refractivity contribution >= 4 is 27.5 Å². The first kappa shape index (κ1) is 13.0. The summed E-state index contributed by atoms with van der Waals surface area (Å²) in [6.07, 6.45) is 2.14. The van der Waals surface area contributed by atoms with Crippen molar-refractivity contribution in [1.29, 1.82) is 0 Å². The van der Waals surface area contributed by atoms with Crippen LogP contribution in [0.4, 0.5) is 0 Å². The molecule has 15 heavy (non-hydrogen) atoms. The van der Waals surface area contributed by atoms with Crippen LogP contribution in [0.3, 0.4) is 0 Å². The Hall–Kier alpha value is -0.0500. The SMILES string of the molecule is CCC(C)CC(N)c1ccc(Br)cc1Cl. The van der Waals surface area contributed by atoms with Crippen molar-refractivity contribution in [1.82, 2.24) is 0 Å². The molecule has 1 nitrogen and oxygen atoms in total. The maximum atomic E-state index is 6.14. The van der Waals surface area contributed by atoms with Gasteiger partial charge in [0.15, 0.2) is 0 Å². The van der Waals surface area contributed by atoms with Crippen molar-refractivity contribution in [3.8, 4) is 0 Å². The van der Waals surface area contributed by atoms with E-state index in [0.29, 0.717) is 5.92 Å². The average molecular weight is 291 g/mol. The molecule has 0 saturated heterocycles. The van der Waals surface area contributed by atoms with Gasteiger partial charge in [-0.25, -0.2) is 0 Å². The molecular weight excluding hydrogens is 273 g/mol. The van der Waals surface area contributed by atoms with Crippen LogP contribution in [0.2, 0.25) is 5.02 Å². The molecule has 0 spiro atoms. The van der Waals surface area contributed by atoms with Gasteiger partial charge in [0.1, 0.15) is 0 Å². The van der Waals surface area contributed by atoms with Crippen molar-refractivity contribution < 1.29 is 0 Å². The smallest absolute Gasteiger partial charge is 0.0464 e. The Bertz CT molecular complexity index is 327. The highest BCUT2D eigenvalue weighted by Crippen LogP contribution is 2.29. The van der Waals surface area contributed by atoms with Gasteiger partial charge in [0.2, 0.25) is 0 Å². The maximum absolute atomic E-state index is 6.14. The predicted octanol–water partition coefficient (Wildman–Crippen LogP) is 4.54. The summed E-state index contributed by atoms with van der Waals surface area (Å²) < 4.78 is 0.993. The van der Waals surface area contributed by atoms with Gasteiger partial charge in [-0.2, -0.15) is 0 Å². The summed E-state index contributed by atoms with van der Waals surface area (Å²) in [6.45, 7) is 4.40. The second kappa shape index (κ2) is 5.88. The Morgan fingerprint density at radius 2 is 2.13 bits per heavy atom. The lowest BCUT2D eigenvalue weighted by molar-refractivity contribution is 0.461. The van der Waals surface area contributed by atoms with Crippen LogP contribution in [0.25, 0.3) is 0 Å². The van der Waals surface area contributed by atoms with E-state index in [1.54, 1.807) is 0 Å². The van der Waals surface area contributed by atoms with E-state index in [-0.39, 0.29) is 6.04 Å². The average Bonchev–Trinajstić information content (AvgIpc) is 2.17. The molecule has 0 radical (unpaired) electrons. The first-order valence-electron chi connectivity index (χ1n) is 5.25. The number of hydrogen-bond acceptors (Lipinski definition) is 1. The minimum absolute atomic E-state index is 0.0422. The molecule has 2 unspecified atom stereocenters. The van der Waals surface area contributed by atoms with Gasteiger partial charge in [-0.15, -0.1) is 0 Å². The number of hydrogen-bond donors (Lipinski definition) is 1. The fraction of sp³-hybridized carbons (Fsp3) is 0.500. The summed E-state index contributed by atoms with van der Waals surface area (Å²) in [5.41, 5.74) is 7.16. The van der Waals surface area contributed by atoms with Crippen LogP contribution < -0.4 is 5.73 Å². The Balaban J connectivity index is 2.77. The van der Waals surface area contributed by atoms with Gasteiger partial charge < -0.3 is 5.73 Å². The Kier molecular flexibility index (Phi) is 5.10. The molecule has 2 atom stereocenters. The zero-order chi connectivity index (χ0) is 11.4. The summed E-state index contributed by atoms with van der Waals surface area (Å²) >= 11 is 9.53. The van der Waals surface area contributed by atoms with Crippen molar-refractivity contribution in [3.63, 3.8) is 0 Å². The van der Waals surface area contributed by atoms with Crippen molar-refractivity contribution in [2.75, 3.05) is 0 Å². The fourth-order valence-corrected chi connectivity index (χ4v) is 2.34. The molecule has 0 aliphatic heterocycles. The highest BCUT2D eigenvalue weighted by atomic mass is 79.9. The molecule has 84 valence electrons. The predicted molar refractivity (Wildman–Crippen MR) is 70.2 cm³/mol. The molecule has 1 rings (SSSR count). The summed E-state index contributed by atoms with van der Waals surface area (Å²) in [5, 5.41) is 0.750. The van der Waals surface area contributed by atoms with Crippen molar-refractivity contribution in [2.45, 2.75) is 32.7 Å². The molecular formula is C12H17BrClN. The van der Waals surface area contributed by atoms with Gasteiger partial charge in [0.05, 0.1) is 0 Å². The van der Waals surface area contributed by atoms with Gasteiger partial charge in [-0.1, -0.05) is 53.9 Å². The second-order valence-electron chi connectivity index (χ2n) is 4.02. The quantitative estimate of drug-likeness (QED) is 0.865. The third kappa shape index (κ3) is 3.78. The molecule has 0 aromatic heterocycles. The van der Waals surface area contributed by atoms with Crippen LogP contribution in [-0.4, -0.2) is 0 Å². The second-order valence-corrected chi connectivity index (χ2v) is 5.34. The number of halogens is 2. The zero-order valence-corrected chi connectivity index (χ0v) is 11.5. The molecule has 3 heteroatoms. The molecule has 0 heterocycles. The third-order valence-corrected chi connectivity index (χ3v) is 3.54. The van der Waals surface area contributed by atoms with Gasteiger partial charge in [-0.3, -0.25) is 0 Å². The molecule has 0 bridgehead atoms. The zero-order valence-electron chi connectivity index (χ0n) is 9.13. The molecule has 0 fully saturated rings. The van der Waals surface area contributed by atoms with E-state index in [2.05, 4.69) is 29.8 Å². The van der Waals surface area contributed by atoms with E-state index in [1.807, 2.05) is 18.2 Å². The maximum Gasteiger partial charge on any atom is 0.0464 e. The molecule has 0 aliphatic carbocycles. The van der Waals surface area contributed by atoms with Crippen molar-refractivity contribution in [2.24, 2.45) is 11.7 Å². The van der Waals surface area contributed by atoms with E-state index in [1.165, 1.54) is 0 Å². The van der Waals surface area contributed by atoms with Crippen molar-refractivity contribution in [3.05, 3.63) is 33.3 Å². The molecule has 1 aromatic carbocycles. The van der Waals surface area contributed by atoms with Crippen LogP contribution in [0, 0.1) is 5.92 Å². The molecule has 0 amide bonds. The van der Waals surface area contributed by atoms with Gasteiger partial charge in [0, 0.05) is 15.5 Å². The lowest BCUT2D eigenvalue weighted by Crippen LogP contribution is -2.14. The van der Waals surface area contributed by atoms with Crippen LogP contribution in [0.5, 0.6) is 0 Å². The van der Waals surface area contributed by atoms with Gasteiger partial charge >= 0.3 is 0 Å². The van der Waals surface area contributed by atoms with E-state index in [4.69, 9.17) is 17.3 Å². The Labute approximate surface area is 105 Å². The lowest BCUT2D eigenvalue weighted by Gasteiger charge is -2.17. The summed E-state index contributed by atoms with van der Waals surface area (Å²) in [4.78, 5) is 0.